The van der Waals surface area contributed by atoms with Crippen LogP contribution < -0.4 is 11.4 Å². The van der Waals surface area contributed by atoms with Crippen LogP contribution in [0.5, 0.6) is 0 Å². The number of rotatable bonds is 7. The number of thiophene rings is 1. The quantitative estimate of drug-likeness (QED) is 0.380. The van der Waals surface area contributed by atoms with Gasteiger partial charge in [-0.05, 0) is 29.8 Å². The highest BCUT2D eigenvalue weighted by molar-refractivity contribution is 7.90. The summed E-state index contributed by atoms with van der Waals surface area (Å²) in [6.07, 6.45) is -6.05. The van der Waals surface area contributed by atoms with Crippen molar-refractivity contribution in [2.75, 3.05) is 12.8 Å². The average molecular weight is 555 g/mol. The van der Waals surface area contributed by atoms with Crippen LogP contribution in [0.2, 0.25) is 0 Å². The van der Waals surface area contributed by atoms with Crippen LogP contribution in [0.1, 0.15) is 10.7 Å². The maximum absolute atomic E-state index is 12.9. The van der Waals surface area contributed by atoms with Crippen LogP contribution in [0.15, 0.2) is 57.7 Å². The molecule has 9 nitrogen and oxygen atoms in total. The largest absolute Gasteiger partial charge is 0.490 e. The molecule has 0 bridgehead atoms. The zero-order chi connectivity index (χ0) is 27.3. The number of nitrogens with two attached hydrogens (primary N) is 1. The van der Waals surface area contributed by atoms with Crippen LogP contribution in [0.4, 0.5) is 22.0 Å². The summed E-state index contributed by atoms with van der Waals surface area (Å²) < 4.78 is 82.3. The number of nitrogens with one attached hydrogen (secondary N) is 1. The fraction of sp³-hybridized carbons (Fsp3) is 0.250. The highest BCUT2D eigenvalue weighted by Crippen LogP contribution is 2.30. The van der Waals surface area contributed by atoms with Crippen molar-refractivity contribution in [1.29, 1.82) is 0 Å². The Kier molecular flexibility index (Phi) is 9.28. The van der Waals surface area contributed by atoms with Gasteiger partial charge in [0, 0.05) is 34.5 Å². The number of aromatic nitrogens is 3. The summed E-state index contributed by atoms with van der Waals surface area (Å²) >= 11 is 1.37. The van der Waals surface area contributed by atoms with Gasteiger partial charge in [0.15, 0.2) is 9.84 Å². The van der Waals surface area contributed by atoms with Crippen molar-refractivity contribution < 1.29 is 40.3 Å². The fourth-order valence-corrected chi connectivity index (χ4v) is 4.37. The lowest BCUT2D eigenvalue weighted by atomic mass is 10.2. The minimum Gasteiger partial charge on any atom is -0.475 e. The number of sulfone groups is 1. The van der Waals surface area contributed by atoms with Gasteiger partial charge in [0.2, 0.25) is 0 Å². The molecule has 3 aromatic rings. The smallest absolute Gasteiger partial charge is 0.475 e. The Hall–Kier alpha value is -3.37. The van der Waals surface area contributed by atoms with Crippen molar-refractivity contribution in [3.8, 4) is 10.4 Å². The summed E-state index contributed by atoms with van der Waals surface area (Å²) in [5.74, 6) is -2.59. The Morgan fingerprint density at radius 1 is 1.22 bits per heavy atom. The van der Waals surface area contributed by atoms with Crippen molar-refractivity contribution in [2.45, 2.75) is 24.0 Å². The predicted molar refractivity (Wildman–Crippen MR) is 121 cm³/mol. The molecule has 0 fully saturated rings. The maximum Gasteiger partial charge on any atom is 0.490 e. The van der Waals surface area contributed by atoms with E-state index < -0.39 is 33.8 Å². The molecule has 0 saturated heterocycles. The molecule has 36 heavy (non-hydrogen) atoms. The first-order valence-electron chi connectivity index (χ1n) is 9.70. The number of alkyl halides is 3. The number of carboxylic acids is 1. The van der Waals surface area contributed by atoms with Crippen molar-refractivity contribution in [3.63, 3.8) is 0 Å². The second kappa shape index (κ2) is 11.6. The third-order valence-corrected chi connectivity index (χ3v) is 6.72. The van der Waals surface area contributed by atoms with Crippen LogP contribution in [-0.4, -0.2) is 53.2 Å². The van der Waals surface area contributed by atoms with E-state index in [1.54, 1.807) is 24.3 Å². The summed E-state index contributed by atoms with van der Waals surface area (Å²) in [6.45, 7) is -0.184. The lowest BCUT2D eigenvalue weighted by molar-refractivity contribution is -0.192. The first-order valence-corrected chi connectivity index (χ1v) is 12.4. The normalized spacial score (nSPS) is 11.5. The van der Waals surface area contributed by atoms with Crippen molar-refractivity contribution in [2.24, 2.45) is 5.73 Å². The van der Waals surface area contributed by atoms with Crippen molar-refractivity contribution >= 4 is 27.1 Å². The van der Waals surface area contributed by atoms with E-state index in [2.05, 4.69) is 10.2 Å². The minimum absolute atomic E-state index is 0.146. The molecule has 0 atom stereocenters. The predicted octanol–water partition coefficient (Wildman–Crippen LogP) is 3.04. The number of benzene rings is 1. The molecule has 1 aromatic carbocycles. The molecule has 0 radical (unpaired) electrons. The molecule has 16 heteroatoms. The van der Waals surface area contributed by atoms with E-state index >= 15 is 0 Å². The van der Waals surface area contributed by atoms with Crippen LogP contribution >= 0.6 is 11.3 Å². The first kappa shape index (κ1) is 28.9. The molecule has 2 aromatic heterocycles. The van der Waals surface area contributed by atoms with Crippen molar-refractivity contribution in [1.82, 2.24) is 14.8 Å². The van der Waals surface area contributed by atoms with Gasteiger partial charge in [-0.15, -0.1) is 11.3 Å². The molecule has 196 valence electrons. The summed E-state index contributed by atoms with van der Waals surface area (Å²) in [5, 5.41) is 13.2. The molecule has 2 heterocycles. The summed E-state index contributed by atoms with van der Waals surface area (Å²) in [5.41, 5.74) is 5.28. The Labute approximate surface area is 204 Å². The number of carbonyl (C=O) groups is 1. The second-order valence-corrected chi connectivity index (χ2v) is 10.3. The van der Waals surface area contributed by atoms with Gasteiger partial charge in [-0.25, -0.2) is 23.1 Å². The Morgan fingerprint density at radius 3 is 2.39 bits per heavy atom. The van der Waals surface area contributed by atoms with Crippen LogP contribution in [-0.2, 0) is 27.6 Å². The van der Waals surface area contributed by atoms with E-state index in [0.717, 1.165) is 21.6 Å². The van der Waals surface area contributed by atoms with Gasteiger partial charge in [-0.3, -0.25) is 4.57 Å². The molecular weight excluding hydrogens is 535 g/mol. The number of hydrogen-bond donors (Lipinski definition) is 3. The lowest BCUT2D eigenvalue weighted by Crippen LogP contribution is -2.21. The monoisotopic (exact) mass is 554 g/mol. The Balaban J connectivity index is 0.000000572. The summed E-state index contributed by atoms with van der Waals surface area (Å²) in [7, 11) is -3.33. The van der Waals surface area contributed by atoms with E-state index in [1.807, 2.05) is 6.07 Å². The number of aliphatic carboxylic acids is 1. The van der Waals surface area contributed by atoms with E-state index in [0.29, 0.717) is 0 Å². The zero-order valence-electron chi connectivity index (χ0n) is 18.3. The maximum atomic E-state index is 12.9. The second-order valence-electron chi connectivity index (χ2n) is 7.14. The number of carboxylic acid groups (broad SMARTS) is 1. The first-order chi connectivity index (χ1) is 16.6. The fourth-order valence-electron chi connectivity index (χ4n) is 2.71. The molecule has 0 unspecified atom stereocenters. The van der Waals surface area contributed by atoms with Gasteiger partial charge < -0.3 is 10.8 Å². The number of aromatic amines is 1. The van der Waals surface area contributed by atoms with Gasteiger partial charge in [0.25, 0.3) is 6.08 Å². The Morgan fingerprint density at radius 2 is 1.86 bits per heavy atom. The Bertz CT molecular complexity index is 1420. The molecule has 0 aliphatic heterocycles. The number of nitrogens with zero attached hydrogens (tertiary/aromatic N) is 2. The van der Waals surface area contributed by atoms with Crippen LogP contribution in [0.25, 0.3) is 10.4 Å². The van der Waals surface area contributed by atoms with Crippen LogP contribution in [0.3, 0.4) is 0 Å². The molecule has 0 spiro atoms. The molecule has 0 aliphatic carbocycles. The molecule has 0 aliphatic rings. The highest BCUT2D eigenvalue weighted by Gasteiger charge is 2.38. The zero-order valence-corrected chi connectivity index (χ0v) is 20.0. The molecular formula is C20H19F5N4O5S2. The van der Waals surface area contributed by atoms with E-state index in [4.69, 9.17) is 15.6 Å². The average Bonchev–Trinajstić information content (AvgIpc) is 3.38. The number of halogens is 5. The topological polar surface area (TPSA) is 148 Å². The van der Waals surface area contributed by atoms with Gasteiger partial charge >= 0.3 is 17.8 Å². The van der Waals surface area contributed by atoms with Gasteiger partial charge in [0.1, 0.15) is 5.82 Å². The molecule has 3 rings (SSSR count). The van der Waals surface area contributed by atoms with Gasteiger partial charge in [-0.2, -0.15) is 27.1 Å². The third kappa shape index (κ3) is 7.82. The lowest BCUT2D eigenvalue weighted by Gasteiger charge is -2.06. The minimum atomic E-state index is -5.08. The van der Waals surface area contributed by atoms with E-state index in [-0.39, 0.29) is 35.8 Å². The summed E-state index contributed by atoms with van der Waals surface area (Å²) in [4.78, 5) is 22.8. The van der Waals surface area contributed by atoms with Crippen molar-refractivity contribution in [3.05, 3.63) is 69.2 Å². The molecule has 0 saturated carbocycles. The summed E-state index contributed by atoms with van der Waals surface area (Å²) in [6, 6.07) is 10.2. The van der Waals surface area contributed by atoms with E-state index in [1.165, 1.54) is 22.0 Å². The van der Waals surface area contributed by atoms with Gasteiger partial charge in [-0.1, -0.05) is 12.1 Å². The van der Waals surface area contributed by atoms with E-state index in [9.17, 15) is 35.2 Å². The molecule has 4 N–H and O–H groups in total. The van der Waals surface area contributed by atoms with Gasteiger partial charge in [0.05, 0.1) is 11.4 Å². The number of hydrogen-bond acceptors (Lipinski definition) is 7. The standard InChI is InChI=1S/C18H18F2N4O3S2.C2HF3O2/c1-29(26,27)14-4-2-3-11(7-14)15-6-5-13(28-15)10-24-16(22-23-18(24)25)8-12(9-21)17(19)20;3-2(4,5)1(6)7/h2-7H,8-10,21H2,1H3,(H,23,25);(H,6,7). The highest BCUT2D eigenvalue weighted by atomic mass is 32.2. The molecule has 0 amide bonds. The third-order valence-electron chi connectivity index (χ3n) is 4.49. The number of H-pyrrole nitrogens is 1. The van der Waals surface area contributed by atoms with Crippen LogP contribution in [0, 0.1) is 0 Å². The SMILES string of the molecule is CS(=O)(=O)c1cccc(-c2ccc(Cn3c(CC(CN)=C(F)F)n[nH]c3=O)s2)c1.O=C(O)C(F)(F)F.